The van der Waals surface area contributed by atoms with E-state index in [-0.39, 0.29) is 24.9 Å². The molecule has 5 nitrogen and oxygen atoms in total. The number of rotatable bonds is 7. The molecule has 0 aromatic heterocycles. The van der Waals surface area contributed by atoms with Gasteiger partial charge in [0.05, 0.1) is 12.5 Å². The average Bonchev–Trinajstić information content (AvgIpc) is 2.39. The number of hydrogen-bond acceptors (Lipinski definition) is 3. The lowest BCUT2D eigenvalue weighted by atomic mass is 10.0. The van der Waals surface area contributed by atoms with Gasteiger partial charge in [-0.15, -0.1) is 0 Å². The molecule has 20 heavy (non-hydrogen) atoms. The van der Waals surface area contributed by atoms with Crippen LogP contribution in [-0.4, -0.2) is 40.5 Å². The van der Waals surface area contributed by atoms with Crippen molar-refractivity contribution in [2.75, 3.05) is 6.54 Å². The van der Waals surface area contributed by atoms with Gasteiger partial charge in [0.15, 0.2) is 0 Å². The first-order chi connectivity index (χ1) is 9.41. The highest BCUT2D eigenvalue weighted by Crippen LogP contribution is 2.08. The smallest absolute Gasteiger partial charge is 0.305 e. The Morgan fingerprint density at radius 1 is 1.25 bits per heavy atom. The molecule has 0 unspecified atom stereocenters. The molecule has 1 atom stereocenters. The van der Waals surface area contributed by atoms with Crippen LogP contribution in [0.15, 0.2) is 30.3 Å². The molecule has 3 N–H and O–H groups in total. The minimum Gasteiger partial charge on any atom is -0.481 e. The summed E-state index contributed by atoms with van der Waals surface area (Å²) in [5.41, 5.74) is 6.95. The molecule has 0 fully saturated rings. The van der Waals surface area contributed by atoms with Crippen molar-refractivity contribution in [3.8, 4) is 0 Å². The fraction of sp³-hybridized carbons (Fsp3) is 0.467. The number of amides is 1. The van der Waals surface area contributed by atoms with Crippen LogP contribution in [-0.2, 0) is 16.0 Å². The van der Waals surface area contributed by atoms with Crippen LogP contribution in [0.1, 0.15) is 25.8 Å². The van der Waals surface area contributed by atoms with E-state index < -0.39 is 12.0 Å². The van der Waals surface area contributed by atoms with Gasteiger partial charge in [0.25, 0.3) is 0 Å². The van der Waals surface area contributed by atoms with Gasteiger partial charge in [0.2, 0.25) is 5.91 Å². The summed E-state index contributed by atoms with van der Waals surface area (Å²) in [6.45, 7) is 3.90. The number of carboxylic acid groups (broad SMARTS) is 1. The van der Waals surface area contributed by atoms with Crippen molar-refractivity contribution in [3.63, 3.8) is 0 Å². The summed E-state index contributed by atoms with van der Waals surface area (Å²) >= 11 is 0. The molecule has 5 heteroatoms. The molecule has 0 aliphatic heterocycles. The van der Waals surface area contributed by atoms with Crippen LogP contribution < -0.4 is 5.73 Å². The number of benzene rings is 1. The molecule has 110 valence electrons. The predicted molar refractivity (Wildman–Crippen MR) is 77.2 cm³/mol. The van der Waals surface area contributed by atoms with Crippen LogP contribution in [0.5, 0.6) is 0 Å². The Morgan fingerprint density at radius 3 is 2.35 bits per heavy atom. The number of carboxylic acids is 1. The molecule has 1 amide bonds. The number of hydrogen-bond donors (Lipinski definition) is 2. The molecule has 0 aliphatic rings. The molecule has 0 radical (unpaired) electrons. The largest absolute Gasteiger partial charge is 0.481 e. The number of carbonyl (C=O) groups is 2. The van der Waals surface area contributed by atoms with Crippen molar-refractivity contribution in [1.29, 1.82) is 0 Å². The van der Waals surface area contributed by atoms with Gasteiger partial charge in [0.1, 0.15) is 0 Å². The summed E-state index contributed by atoms with van der Waals surface area (Å²) in [6.07, 6.45) is 0.387. The Balaban J connectivity index is 2.66. The molecule has 1 aromatic rings. The Labute approximate surface area is 119 Å². The SMILES string of the molecule is CC(C)N(CCC(=O)O)C(=O)[C@@H](N)Cc1ccccc1. The zero-order valence-electron chi connectivity index (χ0n) is 12.0. The van der Waals surface area contributed by atoms with Crippen LogP contribution >= 0.6 is 0 Å². The second kappa shape index (κ2) is 7.65. The van der Waals surface area contributed by atoms with Gasteiger partial charge in [-0.2, -0.15) is 0 Å². The quantitative estimate of drug-likeness (QED) is 0.786. The highest BCUT2D eigenvalue weighted by atomic mass is 16.4. The maximum Gasteiger partial charge on any atom is 0.305 e. The standard InChI is InChI=1S/C15H22N2O3/c1-11(2)17(9-8-14(18)19)15(20)13(16)10-12-6-4-3-5-7-12/h3-7,11,13H,8-10,16H2,1-2H3,(H,18,19)/t13-/m0/s1. The second-order valence-corrected chi connectivity index (χ2v) is 5.07. The predicted octanol–water partition coefficient (Wildman–Crippen LogP) is 1.27. The van der Waals surface area contributed by atoms with E-state index >= 15 is 0 Å². The fourth-order valence-electron chi connectivity index (χ4n) is 2.01. The Kier molecular flexibility index (Phi) is 6.18. The lowest BCUT2D eigenvalue weighted by Gasteiger charge is -2.29. The van der Waals surface area contributed by atoms with E-state index in [1.165, 1.54) is 4.90 Å². The highest BCUT2D eigenvalue weighted by Gasteiger charge is 2.23. The van der Waals surface area contributed by atoms with Crippen LogP contribution in [0.3, 0.4) is 0 Å². The van der Waals surface area contributed by atoms with Crippen LogP contribution in [0.2, 0.25) is 0 Å². The first-order valence-electron chi connectivity index (χ1n) is 6.73. The van der Waals surface area contributed by atoms with E-state index in [2.05, 4.69) is 0 Å². The normalized spacial score (nSPS) is 12.2. The lowest BCUT2D eigenvalue weighted by molar-refractivity contribution is -0.139. The van der Waals surface area contributed by atoms with E-state index in [9.17, 15) is 9.59 Å². The van der Waals surface area contributed by atoms with E-state index in [1.807, 2.05) is 44.2 Å². The summed E-state index contributed by atoms with van der Waals surface area (Å²) in [7, 11) is 0. The third-order valence-electron chi connectivity index (χ3n) is 3.09. The Morgan fingerprint density at radius 2 is 1.85 bits per heavy atom. The zero-order chi connectivity index (χ0) is 15.1. The van der Waals surface area contributed by atoms with Crippen molar-refractivity contribution >= 4 is 11.9 Å². The fourth-order valence-corrected chi connectivity index (χ4v) is 2.01. The lowest BCUT2D eigenvalue weighted by Crippen LogP contribution is -2.48. The van der Waals surface area contributed by atoms with Gasteiger partial charge < -0.3 is 15.7 Å². The number of nitrogens with zero attached hydrogens (tertiary/aromatic N) is 1. The van der Waals surface area contributed by atoms with E-state index in [0.717, 1.165) is 5.56 Å². The molecule has 0 saturated heterocycles. The maximum absolute atomic E-state index is 12.3. The van der Waals surface area contributed by atoms with E-state index in [4.69, 9.17) is 10.8 Å². The molecule has 1 rings (SSSR count). The van der Waals surface area contributed by atoms with Crippen molar-refractivity contribution in [2.45, 2.75) is 38.8 Å². The first kappa shape index (κ1) is 16.2. The maximum atomic E-state index is 12.3. The first-order valence-corrected chi connectivity index (χ1v) is 6.73. The van der Waals surface area contributed by atoms with Crippen LogP contribution in [0.4, 0.5) is 0 Å². The summed E-state index contributed by atoms with van der Waals surface area (Å²) in [4.78, 5) is 24.5. The minimum atomic E-state index is -0.917. The molecule has 1 aromatic carbocycles. The van der Waals surface area contributed by atoms with Crippen molar-refractivity contribution in [1.82, 2.24) is 4.90 Å². The monoisotopic (exact) mass is 278 g/mol. The Bertz CT molecular complexity index is 446. The third kappa shape index (κ3) is 5.01. The van der Waals surface area contributed by atoms with Gasteiger partial charge >= 0.3 is 5.97 Å². The van der Waals surface area contributed by atoms with Crippen molar-refractivity contribution in [2.24, 2.45) is 5.73 Å². The van der Waals surface area contributed by atoms with Gasteiger partial charge in [-0.3, -0.25) is 9.59 Å². The molecule has 0 heterocycles. The van der Waals surface area contributed by atoms with E-state index in [1.54, 1.807) is 0 Å². The van der Waals surface area contributed by atoms with E-state index in [0.29, 0.717) is 6.42 Å². The molecular weight excluding hydrogens is 256 g/mol. The number of nitrogens with two attached hydrogens (primary N) is 1. The second-order valence-electron chi connectivity index (χ2n) is 5.07. The molecule has 0 saturated carbocycles. The topological polar surface area (TPSA) is 83.6 Å². The van der Waals surface area contributed by atoms with Gasteiger partial charge in [-0.1, -0.05) is 30.3 Å². The molecular formula is C15H22N2O3. The highest BCUT2D eigenvalue weighted by molar-refractivity contribution is 5.82. The van der Waals surface area contributed by atoms with Crippen molar-refractivity contribution in [3.05, 3.63) is 35.9 Å². The summed E-state index contributed by atoms with van der Waals surface area (Å²) in [6, 6.07) is 8.84. The summed E-state index contributed by atoms with van der Waals surface area (Å²) in [5, 5.41) is 8.73. The van der Waals surface area contributed by atoms with Crippen molar-refractivity contribution < 1.29 is 14.7 Å². The number of carbonyl (C=O) groups excluding carboxylic acids is 1. The average molecular weight is 278 g/mol. The Hall–Kier alpha value is -1.88. The zero-order valence-corrected chi connectivity index (χ0v) is 12.0. The summed E-state index contributed by atoms with van der Waals surface area (Å²) in [5.74, 6) is -1.12. The summed E-state index contributed by atoms with van der Waals surface area (Å²) < 4.78 is 0. The number of aliphatic carboxylic acids is 1. The van der Waals surface area contributed by atoms with Gasteiger partial charge in [-0.05, 0) is 25.8 Å². The van der Waals surface area contributed by atoms with Crippen LogP contribution in [0, 0.1) is 0 Å². The molecule has 0 bridgehead atoms. The molecule has 0 aliphatic carbocycles. The third-order valence-corrected chi connectivity index (χ3v) is 3.09. The molecule has 0 spiro atoms. The van der Waals surface area contributed by atoms with Gasteiger partial charge in [0, 0.05) is 12.6 Å². The van der Waals surface area contributed by atoms with Crippen LogP contribution in [0.25, 0.3) is 0 Å². The minimum absolute atomic E-state index is 0.0660. The van der Waals surface area contributed by atoms with Gasteiger partial charge in [-0.25, -0.2) is 0 Å².